The molecule has 0 aliphatic carbocycles. The molecule has 1 aromatic carbocycles. The van der Waals surface area contributed by atoms with Crippen molar-refractivity contribution in [2.24, 2.45) is 0 Å². The molecule has 1 amide bonds. The zero-order valence-electron chi connectivity index (χ0n) is 21.1. The highest BCUT2D eigenvalue weighted by Gasteiger charge is 2.30. The topological polar surface area (TPSA) is 97.6 Å². The summed E-state index contributed by atoms with van der Waals surface area (Å²) in [5.41, 5.74) is 1.02. The van der Waals surface area contributed by atoms with Gasteiger partial charge in [0.2, 0.25) is 11.9 Å². The van der Waals surface area contributed by atoms with E-state index < -0.39 is 6.43 Å². The number of likely N-dealkylation sites (tertiary alicyclic amines) is 1. The van der Waals surface area contributed by atoms with Crippen molar-refractivity contribution in [3.63, 3.8) is 0 Å². The molecule has 0 saturated carbocycles. The van der Waals surface area contributed by atoms with E-state index >= 15 is 0 Å². The number of imidazole rings is 1. The van der Waals surface area contributed by atoms with E-state index in [2.05, 4.69) is 10.3 Å². The minimum atomic E-state index is -2.78. The molecule has 5 heterocycles. The van der Waals surface area contributed by atoms with Crippen molar-refractivity contribution in [1.82, 2.24) is 24.4 Å². The van der Waals surface area contributed by atoms with Gasteiger partial charge in [0.05, 0.1) is 36.8 Å². The first-order valence-electron chi connectivity index (χ1n) is 13.2. The lowest BCUT2D eigenvalue weighted by Crippen LogP contribution is -2.38. The van der Waals surface area contributed by atoms with Crippen LogP contribution in [0.2, 0.25) is 0 Å². The van der Waals surface area contributed by atoms with Gasteiger partial charge in [0, 0.05) is 44.9 Å². The predicted octanol–water partition coefficient (Wildman–Crippen LogP) is 3.17. The van der Waals surface area contributed by atoms with Crippen molar-refractivity contribution in [2.45, 2.75) is 44.3 Å². The summed E-state index contributed by atoms with van der Waals surface area (Å²) in [6, 6.07) is 8.69. The van der Waals surface area contributed by atoms with Gasteiger partial charge in [0.1, 0.15) is 11.6 Å². The van der Waals surface area contributed by atoms with Gasteiger partial charge in [-0.25, -0.2) is 13.8 Å². The molecule has 1 unspecified atom stereocenters. The van der Waals surface area contributed by atoms with Crippen LogP contribution in [0.25, 0.3) is 16.9 Å². The monoisotopic (exact) mass is 527 g/mol. The van der Waals surface area contributed by atoms with E-state index in [0.29, 0.717) is 74.4 Å². The molecule has 3 aliphatic rings. The van der Waals surface area contributed by atoms with Crippen LogP contribution in [0.4, 0.5) is 20.5 Å². The zero-order valence-corrected chi connectivity index (χ0v) is 21.1. The summed E-state index contributed by atoms with van der Waals surface area (Å²) in [5, 5.41) is 3.44. The Kier molecular flexibility index (Phi) is 7.07. The lowest BCUT2D eigenvalue weighted by atomic mass is 10.1. The van der Waals surface area contributed by atoms with Crippen molar-refractivity contribution in [3.05, 3.63) is 36.2 Å². The first-order valence-corrected chi connectivity index (χ1v) is 13.2. The Balaban J connectivity index is 1.29. The zero-order chi connectivity index (χ0) is 26.1. The molecule has 1 N–H and O–H groups in total. The number of anilines is 2. The second kappa shape index (κ2) is 10.8. The standard InChI is InChI=1S/C26H31F2N7O3/c27-24(28)25-30-19-5-1-2-6-20(19)35(25)22-15-21(31-26(32-22)33-9-12-37-13-10-33)29-17-7-8-34(16-17)23(36)14-18-4-3-11-38-18/h1-2,5-6,15,17-18,24H,3-4,7-14,16H2,(H,29,31,32)/t17-,18?/m0/s1. The molecule has 3 aliphatic heterocycles. The summed E-state index contributed by atoms with van der Waals surface area (Å²) >= 11 is 0. The molecule has 2 aromatic heterocycles. The van der Waals surface area contributed by atoms with Crippen molar-refractivity contribution in [3.8, 4) is 5.82 Å². The van der Waals surface area contributed by atoms with Gasteiger partial charge in [-0.2, -0.15) is 9.97 Å². The summed E-state index contributed by atoms with van der Waals surface area (Å²) in [5.74, 6) is 1.02. The number of nitrogens with zero attached hydrogens (tertiary/aromatic N) is 6. The number of rotatable bonds is 7. The molecule has 0 spiro atoms. The van der Waals surface area contributed by atoms with Crippen LogP contribution in [-0.2, 0) is 14.3 Å². The van der Waals surface area contributed by atoms with Gasteiger partial charge in [0.25, 0.3) is 6.43 Å². The van der Waals surface area contributed by atoms with Gasteiger partial charge in [0.15, 0.2) is 5.82 Å². The number of carbonyl (C=O) groups is 1. The number of hydrogen-bond acceptors (Lipinski definition) is 8. The fourth-order valence-corrected chi connectivity index (χ4v) is 5.39. The van der Waals surface area contributed by atoms with Crippen LogP contribution in [0.15, 0.2) is 30.3 Å². The van der Waals surface area contributed by atoms with Crippen LogP contribution >= 0.6 is 0 Å². The van der Waals surface area contributed by atoms with Crippen LogP contribution in [0, 0.1) is 0 Å². The van der Waals surface area contributed by atoms with Crippen molar-refractivity contribution in [1.29, 1.82) is 0 Å². The maximum atomic E-state index is 14.1. The number of fused-ring (bicyclic) bond motifs is 1. The molecule has 12 heteroatoms. The van der Waals surface area contributed by atoms with Crippen LogP contribution in [0.1, 0.15) is 37.9 Å². The minimum absolute atomic E-state index is 0.0159. The average Bonchev–Trinajstić information content (AvgIpc) is 3.69. The number of para-hydroxylation sites is 2. The Bertz CT molecular complexity index is 1290. The molecular formula is C26H31F2N7O3. The smallest absolute Gasteiger partial charge is 0.296 e. The predicted molar refractivity (Wildman–Crippen MR) is 137 cm³/mol. The number of alkyl halides is 2. The lowest BCUT2D eigenvalue weighted by molar-refractivity contribution is -0.132. The third kappa shape index (κ3) is 5.14. The molecule has 6 rings (SSSR count). The van der Waals surface area contributed by atoms with E-state index in [0.717, 1.165) is 25.9 Å². The quantitative estimate of drug-likeness (QED) is 0.501. The van der Waals surface area contributed by atoms with Crippen molar-refractivity contribution >= 4 is 28.7 Å². The molecule has 202 valence electrons. The van der Waals surface area contributed by atoms with E-state index in [1.165, 1.54) is 4.57 Å². The largest absolute Gasteiger partial charge is 0.378 e. The van der Waals surface area contributed by atoms with Crippen molar-refractivity contribution < 1.29 is 23.0 Å². The summed E-state index contributed by atoms with van der Waals surface area (Å²) in [7, 11) is 0. The van der Waals surface area contributed by atoms with E-state index in [1.54, 1.807) is 30.3 Å². The molecule has 3 aromatic rings. The van der Waals surface area contributed by atoms with Gasteiger partial charge in [-0.3, -0.25) is 9.36 Å². The Morgan fingerprint density at radius 3 is 2.71 bits per heavy atom. The van der Waals surface area contributed by atoms with Gasteiger partial charge in [-0.05, 0) is 31.4 Å². The Labute approximate surface area is 218 Å². The molecule has 2 atom stereocenters. The molecule has 10 nitrogen and oxygen atoms in total. The Morgan fingerprint density at radius 1 is 1.08 bits per heavy atom. The number of benzene rings is 1. The lowest BCUT2D eigenvalue weighted by Gasteiger charge is -2.28. The molecular weight excluding hydrogens is 496 g/mol. The van der Waals surface area contributed by atoms with E-state index in [1.807, 2.05) is 9.80 Å². The third-order valence-electron chi connectivity index (χ3n) is 7.33. The van der Waals surface area contributed by atoms with E-state index in [9.17, 15) is 13.6 Å². The number of morpholine rings is 1. The Morgan fingerprint density at radius 2 is 1.92 bits per heavy atom. The molecule has 0 radical (unpaired) electrons. The fourth-order valence-electron chi connectivity index (χ4n) is 5.39. The van der Waals surface area contributed by atoms with E-state index in [4.69, 9.17) is 19.4 Å². The number of aromatic nitrogens is 4. The molecule has 3 saturated heterocycles. The van der Waals surface area contributed by atoms with Gasteiger partial charge >= 0.3 is 0 Å². The van der Waals surface area contributed by atoms with Crippen molar-refractivity contribution in [2.75, 3.05) is 56.2 Å². The minimum Gasteiger partial charge on any atom is -0.378 e. The number of amides is 1. The second-order valence-electron chi connectivity index (χ2n) is 9.91. The highest BCUT2D eigenvalue weighted by molar-refractivity contribution is 5.78. The first-order chi connectivity index (χ1) is 18.5. The average molecular weight is 528 g/mol. The number of ether oxygens (including phenoxy) is 2. The molecule has 0 bridgehead atoms. The summed E-state index contributed by atoms with van der Waals surface area (Å²) in [6.45, 7) is 4.21. The molecule has 38 heavy (non-hydrogen) atoms. The second-order valence-corrected chi connectivity index (χ2v) is 9.91. The highest BCUT2D eigenvalue weighted by Crippen LogP contribution is 2.29. The van der Waals surface area contributed by atoms with Gasteiger partial charge in [-0.1, -0.05) is 12.1 Å². The van der Waals surface area contributed by atoms with Gasteiger partial charge < -0.3 is 24.6 Å². The summed E-state index contributed by atoms with van der Waals surface area (Å²) < 4.78 is 40.7. The van der Waals surface area contributed by atoms with E-state index in [-0.39, 0.29) is 23.9 Å². The number of nitrogens with one attached hydrogen (secondary N) is 1. The van der Waals surface area contributed by atoms with Gasteiger partial charge in [-0.15, -0.1) is 0 Å². The number of hydrogen-bond donors (Lipinski definition) is 1. The SMILES string of the molecule is O=C(CC1CCCO1)N1CC[C@H](Nc2cc(-n3c(C(F)F)nc4ccccc43)nc(N3CCOCC3)n2)C1. The fraction of sp³-hybridized carbons (Fsp3) is 0.538. The maximum Gasteiger partial charge on any atom is 0.296 e. The van der Waals surface area contributed by atoms with Crippen LogP contribution < -0.4 is 10.2 Å². The van der Waals surface area contributed by atoms with Crippen LogP contribution in [0.3, 0.4) is 0 Å². The maximum absolute atomic E-state index is 14.1. The number of carbonyl (C=O) groups excluding carboxylic acids is 1. The summed E-state index contributed by atoms with van der Waals surface area (Å²) in [4.78, 5) is 30.3. The van der Waals surface area contributed by atoms with Crippen LogP contribution in [0.5, 0.6) is 0 Å². The Hall–Kier alpha value is -3.38. The number of halogens is 2. The third-order valence-corrected chi connectivity index (χ3v) is 7.33. The normalized spacial score (nSPS) is 22.1. The molecule has 3 fully saturated rings. The summed E-state index contributed by atoms with van der Waals surface area (Å²) in [6.07, 6.45) is 0.347. The first kappa shape index (κ1) is 24.9. The van der Waals surface area contributed by atoms with Crippen LogP contribution in [-0.4, -0.2) is 88.5 Å². The highest BCUT2D eigenvalue weighted by atomic mass is 19.3.